The summed E-state index contributed by atoms with van der Waals surface area (Å²) in [6.45, 7) is 2.41. The Morgan fingerprint density at radius 1 is 1.50 bits per heavy atom. The molecule has 2 aliphatic rings. The molecule has 16 heavy (non-hydrogen) atoms. The molecular formula is C11H18N2O3. The van der Waals surface area contributed by atoms with Gasteiger partial charge in [-0.2, -0.15) is 0 Å². The molecule has 0 aliphatic carbocycles. The maximum Gasteiger partial charge on any atom is 0.308 e. The number of amides is 1. The number of primary amides is 1. The second kappa shape index (κ2) is 4.05. The van der Waals surface area contributed by atoms with E-state index in [1.807, 2.05) is 0 Å². The Balaban J connectivity index is 2.02. The van der Waals surface area contributed by atoms with E-state index in [1.165, 1.54) is 0 Å². The van der Waals surface area contributed by atoms with Crippen molar-refractivity contribution in [2.24, 2.45) is 17.6 Å². The maximum absolute atomic E-state index is 11.0. The van der Waals surface area contributed by atoms with Gasteiger partial charge in [-0.1, -0.05) is 6.92 Å². The van der Waals surface area contributed by atoms with Gasteiger partial charge >= 0.3 is 5.97 Å². The summed E-state index contributed by atoms with van der Waals surface area (Å²) in [6, 6.07) is 0.456. The molecule has 90 valence electrons. The van der Waals surface area contributed by atoms with E-state index in [0.717, 1.165) is 19.3 Å². The van der Waals surface area contributed by atoms with E-state index in [-0.39, 0.29) is 23.8 Å². The van der Waals surface area contributed by atoms with Crippen molar-refractivity contribution >= 4 is 11.9 Å². The quantitative estimate of drug-likeness (QED) is 0.709. The Bertz CT molecular complexity index is 318. The van der Waals surface area contributed by atoms with Gasteiger partial charge in [0.05, 0.1) is 5.92 Å². The van der Waals surface area contributed by atoms with E-state index in [1.54, 1.807) is 6.92 Å². The number of rotatable bonds is 4. The number of fused-ring (bicyclic) bond motifs is 2. The van der Waals surface area contributed by atoms with Crippen LogP contribution in [-0.2, 0) is 9.59 Å². The molecule has 5 nitrogen and oxygen atoms in total. The molecule has 0 aromatic rings. The van der Waals surface area contributed by atoms with Crippen molar-refractivity contribution in [3.63, 3.8) is 0 Å². The lowest BCUT2D eigenvalue weighted by Crippen LogP contribution is -2.39. The Morgan fingerprint density at radius 2 is 2.19 bits per heavy atom. The predicted octanol–water partition coefficient (Wildman–Crippen LogP) is 0.0453. The summed E-state index contributed by atoms with van der Waals surface area (Å²) in [5.41, 5.74) is 5.24. The first-order valence-corrected chi connectivity index (χ1v) is 5.78. The van der Waals surface area contributed by atoms with Crippen molar-refractivity contribution in [2.45, 2.75) is 38.3 Å². The highest BCUT2D eigenvalue weighted by atomic mass is 16.4. The number of nitrogens with zero attached hydrogens (tertiary/aromatic N) is 1. The summed E-state index contributed by atoms with van der Waals surface area (Å²) in [5.74, 6) is -1.46. The monoisotopic (exact) mass is 226 g/mol. The van der Waals surface area contributed by atoms with Crippen molar-refractivity contribution in [1.29, 1.82) is 0 Å². The third-order valence-electron chi connectivity index (χ3n) is 3.97. The van der Waals surface area contributed by atoms with Crippen molar-refractivity contribution in [2.75, 3.05) is 6.54 Å². The van der Waals surface area contributed by atoms with Crippen molar-refractivity contribution in [3.05, 3.63) is 0 Å². The van der Waals surface area contributed by atoms with E-state index in [2.05, 4.69) is 4.90 Å². The molecule has 2 saturated heterocycles. The molecule has 0 radical (unpaired) electrons. The molecule has 0 spiro atoms. The van der Waals surface area contributed by atoms with Crippen LogP contribution in [0.4, 0.5) is 0 Å². The Hall–Kier alpha value is -1.10. The standard InChI is InChI=1S/C11H18N2O3/c1-6(10(12)14)5-13-7-2-3-9(13)8(4-7)11(15)16/h6-9H,2-5H2,1H3,(H2,12,14)(H,15,16). The van der Waals surface area contributed by atoms with Gasteiger partial charge in [0.1, 0.15) is 0 Å². The molecule has 0 saturated carbocycles. The molecule has 2 bridgehead atoms. The first-order valence-electron chi connectivity index (χ1n) is 5.78. The van der Waals surface area contributed by atoms with Crippen LogP contribution in [0.3, 0.4) is 0 Å². The second-order valence-electron chi connectivity index (χ2n) is 4.98. The Labute approximate surface area is 94.6 Å². The van der Waals surface area contributed by atoms with Gasteiger partial charge < -0.3 is 10.8 Å². The minimum atomic E-state index is -0.705. The number of hydrogen-bond acceptors (Lipinski definition) is 3. The molecule has 2 fully saturated rings. The van der Waals surface area contributed by atoms with Crippen LogP contribution in [0.1, 0.15) is 26.2 Å². The molecule has 2 rings (SSSR count). The van der Waals surface area contributed by atoms with E-state index in [4.69, 9.17) is 10.8 Å². The van der Waals surface area contributed by atoms with Gasteiger partial charge in [-0.05, 0) is 19.3 Å². The van der Waals surface area contributed by atoms with Gasteiger partial charge in [0.15, 0.2) is 0 Å². The number of carboxylic acid groups (broad SMARTS) is 1. The van der Waals surface area contributed by atoms with Gasteiger partial charge in [-0.3, -0.25) is 14.5 Å². The Morgan fingerprint density at radius 3 is 2.69 bits per heavy atom. The fraction of sp³-hybridized carbons (Fsp3) is 0.818. The summed E-state index contributed by atoms with van der Waals surface area (Å²) in [7, 11) is 0. The lowest BCUT2D eigenvalue weighted by molar-refractivity contribution is -0.142. The number of hydrogen-bond donors (Lipinski definition) is 2. The smallest absolute Gasteiger partial charge is 0.308 e. The summed E-state index contributed by atoms with van der Waals surface area (Å²) in [5, 5.41) is 9.08. The van der Waals surface area contributed by atoms with Crippen LogP contribution in [0.25, 0.3) is 0 Å². The molecule has 0 aromatic carbocycles. The van der Waals surface area contributed by atoms with Crippen LogP contribution >= 0.6 is 0 Å². The highest BCUT2D eigenvalue weighted by molar-refractivity contribution is 5.76. The van der Waals surface area contributed by atoms with E-state index in [0.29, 0.717) is 12.6 Å². The summed E-state index contributed by atoms with van der Waals surface area (Å²) >= 11 is 0. The summed E-state index contributed by atoms with van der Waals surface area (Å²) in [4.78, 5) is 24.2. The van der Waals surface area contributed by atoms with Crippen LogP contribution in [0, 0.1) is 11.8 Å². The third kappa shape index (κ3) is 1.80. The van der Waals surface area contributed by atoms with Gasteiger partial charge in [0, 0.05) is 24.5 Å². The lowest BCUT2D eigenvalue weighted by atomic mass is 9.89. The van der Waals surface area contributed by atoms with E-state index >= 15 is 0 Å². The zero-order valence-corrected chi connectivity index (χ0v) is 9.43. The highest BCUT2D eigenvalue weighted by Crippen LogP contribution is 2.41. The number of carbonyl (C=O) groups excluding carboxylic acids is 1. The molecular weight excluding hydrogens is 208 g/mol. The minimum absolute atomic E-state index is 0.115. The molecule has 4 atom stereocenters. The average Bonchev–Trinajstić information content (AvgIpc) is 2.75. The zero-order valence-electron chi connectivity index (χ0n) is 9.43. The maximum atomic E-state index is 11.0. The van der Waals surface area contributed by atoms with Gasteiger partial charge in [0.2, 0.25) is 5.91 Å². The predicted molar refractivity (Wildman–Crippen MR) is 57.6 cm³/mol. The normalized spacial score (nSPS) is 35.2. The van der Waals surface area contributed by atoms with Crippen LogP contribution in [0.2, 0.25) is 0 Å². The molecule has 2 aliphatic heterocycles. The molecule has 4 unspecified atom stereocenters. The van der Waals surface area contributed by atoms with E-state index in [9.17, 15) is 9.59 Å². The third-order valence-corrected chi connectivity index (χ3v) is 3.97. The van der Waals surface area contributed by atoms with Crippen LogP contribution in [0.15, 0.2) is 0 Å². The molecule has 2 heterocycles. The summed E-state index contributed by atoms with van der Waals surface area (Å²) in [6.07, 6.45) is 2.72. The van der Waals surface area contributed by atoms with Crippen molar-refractivity contribution in [1.82, 2.24) is 4.90 Å². The topological polar surface area (TPSA) is 83.6 Å². The van der Waals surface area contributed by atoms with Crippen LogP contribution in [0.5, 0.6) is 0 Å². The lowest BCUT2D eigenvalue weighted by Gasteiger charge is -2.24. The fourth-order valence-corrected chi connectivity index (χ4v) is 3.06. The van der Waals surface area contributed by atoms with Gasteiger partial charge in [0.25, 0.3) is 0 Å². The van der Waals surface area contributed by atoms with Gasteiger partial charge in [-0.15, -0.1) is 0 Å². The first-order chi connectivity index (χ1) is 7.50. The minimum Gasteiger partial charge on any atom is -0.481 e. The number of aliphatic carboxylic acids is 1. The summed E-state index contributed by atoms with van der Waals surface area (Å²) < 4.78 is 0. The SMILES string of the molecule is CC(CN1C2CCC1C(C(=O)O)C2)C(N)=O. The number of nitrogens with two attached hydrogens (primary N) is 1. The van der Waals surface area contributed by atoms with Gasteiger partial charge in [-0.25, -0.2) is 0 Å². The molecule has 1 amide bonds. The number of carbonyl (C=O) groups is 2. The molecule has 0 aromatic heterocycles. The second-order valence-corrected chi connectivity index (χ2v) is 4.98. The molecule has 5 heteroatoms. The first kappa shape index (κ1) is 11.4. The highest BCUT2D eigenvalue weighted by Gasteiger charge is 2.49. The zero-order chi connectivity index (χ0) is 11.9. The van der Waals surface area contributed by atoms with Crippen molar-refractivity contribution in [3.8, 4) is 0 Å². The fourth-order valence-electron chi connectivity index (χ4n) is 3.06. The van der Waals surface area contributed by atoms with E-state index < -0.39 is 5.97 Å². The Kier molecular flexibility index (Phi) is 2.88. The van der Waals surface area contributed by atoms with Crippen LogP contribution < -0.4 is 5.73 Å². The number of carboxylic acids is 1. The van der Waals surface area contributed by atoms with Crippen LogP contribution in [-0.4, -0.2) is 40.5 Å². The average molecular weight is 226 g/mol. The molecule has 3 N–H and O–H groups in total. The largest absolute Gasteiger partial charge is 0.481 e. The van der Waals surface area contributed by atoms with Crippen molar-refractivity contribution < 1.29 is 14.7 Å².